The van der Waals surface area contributed by atoms with Gasteiger partial charge in [-0.3, -0.25) is 4.79 Å². The van der Waals surface area contributed by atoms with Crippen LogP contribution in [0, 0.1) is 0 Å². The Morgan fingerprint density at radius 2 is 1.91 bits per heavy atom. The molecule has 1 heterocycles. The Morgan fingerprint density at radius 3 is 2.59 bits per heavy atom. The number of nitrogens with zero attached hydrogens (tertiary/aromatic N) is 1. The number of nitrogens with one attached hydrogen (secondary N) is 1. The first-order valence-corrected chi connectivity index (χ1v) is 8.10. The molecule has 1 N–H and O–H groups in total. The van der Waals surface area contributed by atoms with Crippen molar-refractivity contribution < 1.29 is 14.3 Å². The van der Waals surface area contributed by atoms with Crippen molar-refractivity contribution in [1.29, 1.82) is 0 Å². The number of hydrogen-bond donors (Lipinski definition) is 1. The largest absolute Gasteiger partial charge is 0.494 e. The Bertz CT molecular complexity index is 485. The quantitative estimate of drug-likeness (QED) is 0.744. The number of hydrogen-bond acceptors (Lipinski definition) is 5. The molecule has 2 rings (SSSR count). The van der Waals surface area contributed by atoms with E-state index in [4.69, 9.17) is 9.47 Å². The van der Waals surface area contributed by atoms with Gasteiger partial charge in [0.25, 0.3) is 0 Å². The number of Topliss-reactive ketones (excluding diaryl/α,β-unsaturated/α-hetero) is 1. The predicted molar refractivity (Wildman–Crippen MR) is 87.0 cm³/mol. The van der Waals surface area contributed by atoms with E-state index in [1.165, 1.54) is 0 Å². The molecule has 22 heavy (non-hydrogen) atoms. The van der Waals surface area contributed by atoms with Crippen molar-refractivity contribution in [3.05, 3.63) is 23.8 Å². The van der Waals surface area contributed by atoms with Crippen LogP contribution in [0.5, 0.6) is 11.5 Å². The van der Waals surface area contributed by atoms with Gasteiger partial charge in [0.1, 0.15) is 11.5 Å². The van der Waals surface area contributed by atoms with Gasteiger partial charge in [-0.25, -0.2) is 0 Å². The zero-order valence-electron chi connectivity index (χ0n) is 13.6. The third-order valence-electron chi connectivity index (χ3n) is 3.73. The molecule has 0 saturated carbocycles. The topological polar surface area (TPSA) is 50.8 Å². The fourth-order valence-electron chi connectivity index (χ4n) is 2.59. The number of ketones is 1. The lowest BCUT2D eigenvalue weighted by Crippen LogP contribution is -2.44. The molecule has 5 nitrogen and oxygen atoms in total. The number of ether oxygens (including phenoxy) is 2. The summed E-state index contributed by atoms with van der Waals surface area (Å²) in [5.41, 5.74) is 0.653. The van der Waals surface area contributed by atoms with Gasteiger partial charge in [0.2, 0.25) is 0 Å². The molecule has 1 aromatic rings. The van der Waals surface area contributed by atoms with Crippen LogP contribution in [0.3, 0.4) is 0 Å². The summed E-state index contributed by atoms with van der Waals surface area (Å²) in [6, 6.07) is 5.46. The van der Waals surface area contributed by atoms with E-state index in [1.807, 2.05) is 32.0 Å². The molecule has 1 fully saturated rings. The lowest BCUT2D eigenvalue weighted by molar-refractivity contribution is 0.0957. The highest BCUT2D eigenvalue weighted by molar-refractivity contribution is 5.99. The van der Waals surface area contributed by atoms with Crippen molar-refractivity contribution in [2.24, 2.45) is 0 Å². The normalized spacial score (nSPS) is 15.5. The summed E-state index contributed by atoms with van der Waals surface area (Å²) in [5, 5.41) is 3.32. The van der Waals surface area contributed by atoms with Crippen molar-refractivity contribution in [3.8, 4) is 11.5 Å². The van der Waals surface area contributed by atoms with E-state index in [2.05, 4.69) is 10.2 Å². The minimum Gasteiger partial charge on any atom is -0.494 e. The van der Waals surface area contributed by atoms with Crippen LogP contribution in [-0.4, -0.2) is 56.6 Å². The monoisotopic (exact) mass is 306 g/mol. The Kier molecular flexibility index (Phi) is 6.68. The van der Waals surface area contributed by atoms with Gasteiger partial charge in [-0.15, -0.1) is 0 Å². The molecule has 0 atom stereocenters. The second kappa shape index (κ2) is 8.76. The number of carbonyl (C=O) groups is 1. The van der Waals surface area contributed by atoms with Gasteiger partial charge < -0.3 is 19.7 Å². The number of carbonyl (C=O) groups excluding carboxylic acids is 1. The van der Waals surface area contributed by atoms with E-state index < -0.39 is 0 Å². The highest BCUT2D eigenvalue weighted by Crippen LogP contribution is 2.26. The van der Waals surface area contributed by atoms with Crippen LogP contribution in [0.2, 0.25) is 0 Å². The summed E-state index contributed by atoms with van der Waals surface area (Å²) < 4.78 is 11.1. The van der Waals surface area contributed by atoms with Crippen molar-refractivity contribution >= 4 is 5.78 Å². The summed E-state index contributed by atoms with van der Waals surface area (Å²) in [6.07, 6.45) is 0.522. The number of piperazine rings is 1. The van der Waals surface area contributed by atoms with E-state index in [-0.39, 0.29) is 5.78 Å². The van der Waals surface area contributed by atoms with Gasteiger partial charge in [0.05, 0.1) is 18.8 Å². The summed E-state index contributed by atoms with van der Waals surface area (Å²) in [5.74, 6) is 1.49. The molecular weight excluding hydrogens is 280 g/mol. The zero-order valence-corrected chi connectivity index (χ0v) is 13.6. The Labute approximate surface area is 132 Å². The molecule has 1 aliphatic heterocycles. The molecule has 122 valence electrons. The van der Waals surface area contributed by atoms with Crippen molar-refractivity contribution in [3.63, 3.8) is 0 Å². The molecule has 0 amide bonds. The fourth-order valence-corrected chi connectivity index (χ4v) is 2.59. The maximum atomic E-state index is 12.5. The van der Waals surface area contributed by atoms with Crippen LogP contribution < -0.4 is 14.8 Å². The fraction of sp³-hybridized carbons (Fsp3) is 0.588. The summed E-state index contributed by atoms with van der Waals surface area (Å²) >= 11 is 0. The minimum atomic E-state index is 0.130. The molecule has 5 heteroatoms. The number of rotatable bonds is 8. The zero-order chi connectivity index (χ0) is 15.8. The van der Waals surface area contributed by atoms with Gasteiger partial charge >= 0.3 is 0 Å². The molecular formula is C17H26N2O3. The lowest BCUT2D eigenvalue weighted by atomic mass is 10.1. The van der Waals surface area contributed by atoms with Gasteiger partial charge in [-0.1, -0.05) is 0 Å². The molecule has 0 aromatic heterocycles. The van der Waals surface area contributed by atoms with E-state index in [1.54, 1.807) is 0 Å². The highest BCUT2D eigenvalue weighted by atomic mass is 16.5. The van der Waals surface area contributed by atoms with Gasteiger partial charge in [0.15, 0.2) is 5.78 Å². The van der Waals surface area contributed by atoms with Crippen LogP contribution in [-0.2, 0) is 0 Å². The first kappa shape index (κ1) is 16.8. The third-order valence-corrected chi connectivity index (χ3v) is 3.73. The Balaban J connectivity index is 2.00. The average molecular weight is 306 g/mol. The molecule has 0 radical (unpaired) electrons. The summed E-state index contributed by atoms with van der Waals surface area (Å²) in [4.78, 5) is 14.8. The van der Waals surface area contributed by atoms with Crippen molar-refractivity contribution in [1.82, 2.24) is 10.2 Å². The summed E-state index contributed by atoms with van der Waals surface area (Å²) in [7, 11) is 0. The molecule has 1 aliphatic rings. The first-order chi connectivity index (χ1) is 10.7. The van der Waals surface area contributed by atoms with Gasteiger partial charge in [-0.2, -0.15) is 0 Å². The second-order valence-corrected chi connectivity index (χ2v) is 5.29. The van der Waals surface area contributed by atoms with Crippen molar-refractivity contribution in [2.75, 3.05) is 45.9 Å². The Morgan fingerprint density at radius 1 is 1.18 bits per heavy atom. The maximum absolute atomic E-state index is 12.5. The van der Waals surface area contributed by atoms with E-state index in [0.29, 0.717) is 30.9 Å². The minimum absolute atomic E-state index is 0.130. The molecule has 1 aromatic carbocycles. The molecule has 1 saturated heterocycles. The number of benzene rings is 1. The smallest absolute Gasteiger partial charge is 0.167 e. The van der Waals surface area contributed by atoms with Crippen LogP contribution >= 0.6 is 0 Å². The van der Waals surface area contributed by atoms with E-state index >= 15 is 0 Å². The van der Waals surface area contributed by atoms with Crippen molar-refractivity contribution in [2.45, 2.75) is 20.3 Å². The van der Waals surface area contributed by atoms with Gasteiger partial charge in [0, 0.05) is 45.2 Å². The van der Waals surface area contributed by atoms with Gasteiger partial charge in [-0.05, 0) is 26.0 Å². The maximum Gasteiger partial charge on any atom is 0.167 e. The average Bonchev–Trinajstić information content (AvgIpc) is 2.54. The first-order valence-electron chi connectivity index (χ1n) is 8.10. The third kappa shape index (κ3) is 4.71. The summed E-state index contributed by atoms with van der Waals surface area (Å²) in [6.45, 7) is 9.82. The van der Waals surface area contributed by atoms with E-state index in [0.717, 1.165) is 38.5 Å². The van der Waals surface area contributed by atoms with Crippen LogP contribution in [0.1, 0.15) is 30.6 Å². The van der Waals surface area contributed by atoms with Crippen LogP contribution in [0.15, 0.2) is 18.2 Å². The predicted octanol–water partition coefficient (Wildman–Crippen LogP) is 1.96. The lowest BCUT2D eigenvalue weighted by Gasteiger charge is -2.26. The van der Waals surface area contributed by atoms with Crippen LogP contribution in [0.4, 0.5) is 0 Å². The standard InChI is InChI=1S/C17H26N2O3/c1-3-21-14-5-6-15(17(13-14)22-4-2)16(20)7-10-19-11-8-18-9-12-19/h5-6,13,18H,3-4,7-12H2,1-2H3. The highest BCUT2D eigenvalue weighted by Gasteiger charge is 2.16. The van der Waals surface area contributed by atoms with E-state index in [9.17, 15) is 4.79 Å². The van der Waals surface area contributed by atoms with Crippen LogP contribution in [0.25, 0.3) is 0 Å². The molecule has 0 unspecified atom stereocenters. The molecule has 0 aliphatic carbocycles. The molecule has 0 spiro atoms. The Hall–Kier alpha value is -1.59. The second-order valence-electron chi connectivity index (χ2n) is 5.29. The molecule has 0 bridgehead atoms. The SMILES string of the molecule is CCOc1ccc(C(=O)CCN2CCNCC2)c(OCC)c1.